The molecule has 0 aliphatic carbocycles. The molecule has 2 fully saturated rings. The summed E-state index contributed by atoms with van der Waals surface area (Å²) < 4.78 is 21.9. The van der Waals surface area contributed by atoms with Gasteiger partial charge in [0, 0.05) is 12.7 Å². The maximum absolute atomic E-state index is 10.0. The lowest BCUT2D eigenvalue weighted by Crippen LogP contribution is -2.52. The molecular weight excluding hydrogens is 236 g/mol. The van der Waals surface area contributed by atoms with Gasteiger partial charge in [-0.1, -0.05) is 30.3 Å². The Labute approximate surface area is 105 Å². The molecule has 2 saturated heterocycles. The fourth-order valence-electron chi connectivity index (χ4n) is 2.35. The van der Waals surface area contributed by atoms with Gasteiger partial charge in [-0.2, -0.15) is 0 Å². The summed E-state index contributed by atoms with van der Waals surface area (Å²) in [5, 5.41) is 10.0. The molecule has 0 bridgehead atoms. The average Bonchev–Trinajstić information content (AvgIpc) is 2.85. The van der Waals surface area contributed by atoms with Crippen molar-refractivity contribution >= 4 is 0 Å². The van der Waals surface area contributed by atoms with Gasteiger partial charge in [0.2, 0.25) is 0 Å². The minimum atomic E-state index is -0.831. The van der Waals surface area contributed by atoms with E-state index in [2.05, 4.69) is 0 Å². The molecule has 1 aromatic carbocycles. The van der Waals surface area contributed by atoms with Crippen LogP contribution >= 0.6 is 0 Å². The highest BCUT2D eigenvalue weighted by atomic mass is 16.8. The molecule has 0 radical (unpaired) electrons. The van der Waals surface area contributed by atoms with Crippen molar-refractivity contribution in [3.63, 3.8) is 0 Å². The number of ether oxygens (including phenoxy) is 4. The predicted molar refractivity (Wildman–Crippen MR) is 61.7 cm³/mol. The number of hydrogen-bond acceptors (Lipinski definition) is 5. The summed E-state index contributed by atoms with van der Waals surface area (Å²) >= 11 is 0. The van der Waals surface area contributed by atoms with Crippen molar-refractivity contribution < 1.29 is 24.1 Å². The van der Waals surface area contributed by atoms with E-state index < -0.39 is 24.8 Å². The summed E-state index contributed by atoms with van der Waals surface area (Å²) in [6.07, 6.45) is -2.59. The van der Waals surface area contributed by atoms with Gasteiger partial charge < -0.3 is 24.1 Å². The monoisotopic (exact) mass is 252 g/mol. The van der Waals surface area contributed by atoms with Gasteiger partial charge in [0.1, 0.15) is 18.3 Å². The minimum absolute atomic E-state index is 0.253. The number of fused-ring (bicyclic) bond motifs is 1. The van der Waals surface area contributed by atoms with Crippen LogP contribution in [-0.2, 0) is 18.9 Å². The van der Waals surface area contributed by atoms with Crippen LogP contribution in [-0.4, -0.2) is 43.4 Å². The molecule has 2 aliphatic rings. The topological polar surface area (TPSA) is 57.2 Å². The summed E-state index contributed by atoms with van der Waals surface area (Å²) in [6.45, 7) is 0.365. The van der Waals surface area contributed by atoms with Crippen LogP contribution in [0.2, 0.25) is 0 Å². The standard InChI is InChI=1S/C13H16O5/c1-15-13-10(14)11-9(7-16-13)17-12(18-11)8-5-3-2-4-6-8/h2-6,9-14H,7H2,1H3/t9-,10+,11-,12?,13-/m1/s1. The first-order valence-electron chi connectivity index (χ1n) is 5.98. The highest BCUT2D eigenvalue weighted by Crippen LogP contribution is 2.36. The third-order valence-corrected chi connectivity index (χ3v) is 3.29. The quantitative estimate of drug-likeness (QED) is 0.845. The molecule has 5 atom stereocenters. The van der Waals surface area contributed by atoms with Crippen LogP contribution in [0.15, 0.2) is 30.3 Å². The third-order valence-electron chi connectivity index (χ3n) is 3.29. The second kappa shape index (κ2) is 4.95. The lowest BCUT2D eigenvalue weighted by atomic mass is 10.1. The van der Waals surface area contributed by atoms with Crippen molar-refractivity contribution in [2.24, 2.45) is 0 Å². The molecule has 1 unspecified atom stereocenters. The van der Waals surface area contributed by atoms with Gasteiger partial charge >= 0.3 is 0 Å². The molecule has 2 aliphatic heterocycles. The molecule has 5 heteroatoms. The van der Waals surface area contributed by atoms with Crippen LogP contribution in [0.25, 0.3) is 0 Å². The van der Waals surface area contributed by atoms with E-state index in [4.69, 9.17) is 18.9 Å². The number of methoxy groups -OCH3 is 1. The van der Waals surface area contributed by atoms with Gasteiger partial charge in [-0.15, -0.1) is 0 Å². The Bertz CT molecular complexity index is 396. The average molecular weight is 252 g/mol. The highest BCUT2D eigenvalue weighted by Gasteiger charge is 2.48. The van der Waals surface area contributed by atoms with Crippen molar-refractivity contribution in [3.05, 3.63) is 35.9 Å². The first-order valence-corrected chi connectivity index (χ1v) is 5.98. The second-order valence-corrected chi connectivity index (χ2v) is 4.45. The van der Waals surface area contributed by atoms with E-state index in [1.807, 2.05) is 30.3 Å². The number of hydrogen-bond donors (Lipinski definition) is 1. The normalized spacial score (nSPS) is 39.6. The molecule has 1 aromatic rings. The molecule has 0 spiro atoms. The summed E-state index contributed by atoms with van der Waals surface area (Å²) in [6, 6.07) is 9.65. The summed E-state index contributed by atoms with van der Waals surface area (Å²) in [5.41, 5.74) is 0.938. The Hall–Kier alpha value is -0.980. The van der Waals surface area contributed by atoms with Crippen LogP contribution in [0.5, 0.6) is 0 Å². The van der Waals surface area contributed by atoms with Gasteiger partial charge in [-0.05, 0) is 0 Å². The van der Waals surface area contributed by atoms with E-state index in [0.29, 0.717) is 6.61 Å². The summed E-state index contributed by atoms with van der Waals surface area (Å²) in [5.74, 6) is 0. The molecular formula is C13H16O5. The molecule has 18 heavy (non-hydrogen) atoms. The molecule has 0 saturated carbocycles. The van der Waals surface area contributed by atoms with E-state index >= 15 is 0 Å². The molecule has 98 valence electrons. The molecule has 3 rings (SSSR count). The van der Waals surface area contributed by atoms with Crippen molar-refractivity contribution in [2.75, 3.05) is 13.7 Å². The lowest BCUT2D eigenvalue weighted by molar-refractivity contribution is -0.241. The molecule has 2 heterocycles. The van der Waals surface area contributed by atoms with E-state index in [-0.39, 0.29) is 6.10 Å². The van der Waals surface area contributed by atoms with Gasteiger partial charge in [0.15, 0.2) is 12.6 Å². The zero-order valence-electron chi connectivity index (χ0n) is 10.1. The Morgan fingerprint density at radius 3 is 2.72 bits per heavy atom. The van der Waals surface area contributed by atoms with Gasteiger partial charge in [0.25, 0.3) is 0 Å². The van der Waals surface area contributed by atoms with Crippen molar-refractivity contribution in [3.8, 4) is 0 Å². The maximum Gasteiger partial charge on any atom is 0.185 e. The van der Waals surface area contributed by atoms with E-state index in [9.17, 15) is 5.11 Å². The lowest BCUT2D eigenvalue weighted by Gasteiger charge is -2.33. The smallest absolute Gasteiger partial charge is 0.185 e. The van der Waals surface area contributed by atoms with Crippen LogP contribution in [0.3, 0.4) is 0 Å². The molecule has 0 aromatic heterocycles. The fourth-order valence-corrected chi connectivity index (χ4v) is 2.35. The number of rotatable bonds is 2. The van der Waals surface area contributed by atoms with Crippen molar-refractivity contribution in [2.45, 2.75) is 30.9 Å². The van der Waals surface area contributed by atoms with Gasteiger partial charge in [0.05, 0.1) is 6.61 Å². The first-order chi connectivity index (χ1) is 8.79. The maximum atomic E-state index is 10.0. The minimum Gasteiger partial charge on any atom is -0.385 e. The van der Waals surface area contributed by atoms with Gasteiger partial charge in [-0.25, -0.2) is 0 Å². The molecule has 1 N–H and O–H groups in total. The van der Waals surface area contributed by atoms with Crippen LogP contribution < -0.4 is 0 Å². The Morgan fingerprint density at radius 2 is 2.00 bits per heavy atom. The predicted octanol–water partition coefficient (Wildman–Crippen LogP) is 0.833. The third kappa shape index (κ3) is 2.04. The highest BCUT2D eigenvalue weighted by molar-refractivity contribution is 5.17. The van der Waals surface area contributed by atoms with Crippen molar-refractivity contribution in [1.82, 2.24) is 0 Å². The van der Waals surface area contributed by atoms with E-state index in [0.717, 1.165) is 5.56 Å². The number of aliphatic hydroxyl groups is 1. The SMILES string of the molecule is CO[C@@H]1OC[C@H]2OC(c3ccccc3)O[C@H]2[C@@H]1O. The van der Waals surface area contributed by atoms with Gasteiger partial charge in [-0.3, -0.25) is 0 Å². The van der Waals surface area contributed by atoms with E-state index in [1.165, 1.54) is 7.11 Å². The van der Waals surface area contributed by atoms with Crippen molar-refractivity contribution in [1.29, 1.82) is 0 Å². The zero-order chi connectivity index (χ0) is 12.5. The largest absolute Gasteiger partial charge is 0.385 e. The summed E-state index contributed by atoms with van der Waals surface area (Å²) in [7, 11) is 1.50. The summed E-state index contributed by atoms with van der Waals surface area (Å²) in [4.78, 5) is 0. The van der Waals surface area contributed by atoms with Crippen LogP contribution in [0.4, 0.5) is 0 Å². The Balaban J connectivity index is 1.74. The zero-order valence-corrected chi connectivity index (χ0v) is 10.1. The second-order valence-electron chi connectivity index (χ2n) is 4.45. The first kappa shape index (κ1) is 12.1. The number of benzene rings is 1. The molecule has 5 nitrogen and oxygen atoms in total. The Morgan fingerprint density at radius 1 is 1.22 bits per heavy atom. The van der Waals surface area contributed by atoms with E-state index in [1.54, 1.807) is 0 Å². The van der Waals surface area contributed by atoms with Crippen LogP contribution in [0, 0.1) is 0 Å². The number of aliphatic hydroxyl groups excluding tert-OH is 1. The Kier molecular flexibility index (Phi) is 3.32. The fraction of sp³-hybridized carbons (Fsp3) is 0.538. The van der Waals surface area contributed by atoms with Crippen LogP contribution in [0.1, 0.15) is 11.9 Å². The molecule has 0 amide bonds.